The van der Waals surface area contributed by atoms with E-state index in [9.17, 15) is 9.59 Å². The summed E-state index contributed by atoms with van der Waals surface area (Å²) in [4.78, 5) is 32.4. The summed E-state index contributed by atoms with van der Waals surface area (Å²) in [5.41, 5.74) is 1.51. The topological polar surface area (TPSA) is 70.4 Å². The number of rotatable bonds is 3. The minimum absolute atomic E-state index is 0.0392. The van der Waals surface area contributed by atoms with Gasteiger partial charge < -0.3 is 9.47 Å². The lowest BCUT2D eigenvalue weighted by Gasteiger charge is -2.18. The molecular weight excluding hydrogens is 376 g/mol. The van der Waals surface area contributed by atoms with Gasteiger partial charge >= 0.3 is 0 Å². The van der Waals surface area contributed by atoms with Crippen molar-refractivity contribution in [3.8, 4) is 11.5 Å². The zero-order chi connectivity index (χ0) is 19.3. The molecule has 2 aromatic heterocycles. The van der Waals surface area contributed by atoms with Gasteiger partial charge in [0.15, 0.2) is 17.3 Å². The monoisotopic (exact) mass is 396 g/mol. The van der Waals surface area contributed by atoms with E-state index in [0.717, 1.165) is 29.7 Å². The summed E-state index contributed by atoms with van der Waals surface area (Å²) in [6.45, 7) is 3.17. The first-order valence-corrected chi connectivity index (χ1v) is 10.3. The molecule has 1 aromatic carbocycles. The second-order valence-corrected chi connectivity index (χ2v) is 8.57. The molecule has 0 bridgehead atoms. The van der Waals surface area contributed by atoms with E-state index in [4.69, 9.17) is 9.47 Å². The van der Waals surface area contributed by atoms with Crippen LogP contribution >= 0.6 is 11.3 Å². The Morgan fingerprint density at radius 2 is 2.11 bits per heavy atom. The van der Waals surface area contributed by atoms with Crippen LogP contribution in [-0.2, 0) is 19.4 Å². The number of hydrogen-bond acceptors (Lipinski definition) is 6. The molecule has 3 aromatic rings. The van der Waals surface area contributed by atoms with Crippen LogP contribution in [0.5, 0.6) is 11.5 Å². The maximum Gasteiger partial charge on any atom is 0.262 e. The van der Waals surface area contributed by atoms with Crippen LogP contribution in [0.3, 0.4) is 0 Å². The van der Waals surface area contributed by atoms with E-state index in [-0.39, 0.29) is 17.9 Å². The Balaban J connectivity index is 1.47. The first-order valence-electron chi connectivity index (χ1n) is 9.52. The maximum absolute atomic E-state index is 13.1. The van der Waals surface area contributed by atoms with Crippen molar-refractivity contribution in [3.63, 3.8) is 0 Å². The van der Waals surface area contributed by atoms with Crippen molar-refractivity contribution >= 4 is 27.3 Å². The lowest BCUT2D eigenvalue weighted by molar-refractivity contribution is 0.0969. The summed E-state index contributed by atoms with van der Waals surface area (Å²) in [5, 5.41) is 0.698. The first kappa shape index (κ1) is 17.4. The van der Waals surface area contributed by atoms with Crippen LogP contribution in [0.15, 0.2) is 29.3 Å². The molecule has 0 N–H and O–H groups in total. The minimum Gasteiger partial charge on any atom is -0.486 e. The molecule has 3 heterocycles. The van der Waals surface area contributed by atoms with Crippen LogP contribution in [-0.4, -0.2) is 28.5 Å². The highest BCUT2D eigenvalue weighted by Crippen LogP contribution is 2.35. The van der Waals surface area contributed by atoms with Gasteiger partial charge in [0.05, 0.1) is 18.3 Å². The fourth-order valence-electron chi connectivity index (χ4n) is 3.94. The van der Waals surface area contributed by atoms with Gasteiger partial charge in [-0.1, -0.05) is 6.92 Å². The lowest BCUT2D eigenvalue weighted by atomic mass is 9.89. The zero-order valence-electron chi connectivity index (χ0n) is 15.6. The number of fused-ring (bicyclic) bond motifs is 4. The van der Waals surface area contributed by atoms with Gasteiger partial charge in [0, 0.05) is 10.4 Å². The fourth-order valence-corrected chi connectivity index (χ4v) is 5.28. The second kappa shape index (κ2) is 6.74. The van der Waals surface area contributed by atoms with Crippen molar-refractivity contribution in [1.29, 1.82) is 0 Å². The highest BCUT2D eigenvalue weighted by atomic mass is 32.1. The number of ether oxygens (including phenoxy) is 2. The van der Waals surface area contributed by atoms with Crippen LogP contribution in [0, 0.1) is 5.92 Å². The number of hydrogen-bond donors (Lipinski definition) is 0. The Morgan fingerprint density at radius 3 is 2.96 bits per heavy atom. The van der Waals surface area contributed by atoms with E-state index in [0.29, 0.717) is 41.6 Å². The van der Waals surface area contributed by atoms with Gasteiger partial charge in [0.25, 0.3) is 5.56 Å². The van der Waals surface area contributed by atoms with Crippen molar-refractivity contribution in [1.82, 2.24) is 9.55 Å². The van der Waals surface area contributed by atoms with E-state index in [2.05, 4.69) is 11.9 Å². The predicted octanol–water partition coefficient (Wildman–Crippen LogP) is 3.24. The molecule has 1 aliphatic heterocycles. The lowest BCUT2D eigenvalue weighted by Crippen LogP contribution is -2.25. The Kier molecular flexibility index (Phi) is 4.19. The summed E-state index contributed by atoms with van der Waals surface area (Å²) in [6.07, 6.45) is 4.49. The number of thiophene rings is 1. The van der Waals surface area contributed by atoms with Crippen LogP contribution in [0.1, 0.15) is 34.1 Å². The van der Waals surface area contributed by atoms with Crippen molar-refractivity contribution in [3.05, 3.63) is 50.9 Å². The summed E-state index contributed by atoms with van der Waals surface area (Å²) < 4.78 is 12.5. The number of Topliss-reactive ketones (excluding diaryl/α,β-unsaturated/α-hetero) is 1. The van der Waals surface area contributed by atoms with Gasteiger partial charge in [-0.25, -0.2) is 4.98 Å². The molecule has 6 nitrogen and oxygen atoms in total. The van der Waals surface area contributed by atoms with E-state index < -0.39 is 0 Å². The van der Waals surface area contributed by atoms with E-state index >= 15 is 0 Å². The molecule has 2 aliphatic rings. The standard InChI is InChI=1S/C21H20N2O4S/c1-12-2-4-14-18(8-12)28-20-19(14)21(25)23(11-22-20)10-15(24)13-3-5-16-17(9-13)27-7-6-26-16/h3,5,9,11-12H,2,4,6-8,10H2,1H3/t12-/m0/s1. The predicted molar refractivity (Wildman–Crippen MR) is 107 cm³/mol. The van der Waals surface area contributed by atoms with Crippen molar-refractivity contribution in [2.75, 3.05) is 13.2 Å². The molecule has 144 valence electrons. The third kappa shape index (κ3) is 2.90. The number of carbonyl (C=O) groups is 1. The Labute approximate surface area is 165 Å². The Morgan fingerprint density at radius 1 is 1.29 bits per heavy atom. The third-order valence-electron chi connectivity index (χ3n) is 5.46. The number of ketones is 1. The van der Waals surface area contributed by atoms with Crippen molar-refractivity contribution in [2.45, 2.75) is 32.7 Å². The summed E-state index contributed by atoms with van der Waals surface area (Å²) in [6, 6.07) is 5.13. The summed E-state index contributed by atoms with van der Waals surface area (Å²) in [7, 11) is 0. The van der Waals surface area contributed by atoms with E-state index in [1.54, 1.807) is 29.5 Å². The maximum atomic E-state index is 13.1. The Bertz CT molecular complexity index is 1150. The molecule has 7 heteroatoms. The molecule has 0 fully saturated rings. The highest BCUT2D eigenvalue weighted by Gasteiger charge is 2.24. The van der Waals surface area contributed by atoms with Gasteiger partial charge in [-0.2, -0.15) is 0 Å². The molecule has 1 aliphatic carbocycles. The SMILES string of the molecule is C[C@H]1CCc2c(sc3ncn(CC(=O)c4ccc5c(c4)OCCO5)c(=O)c23)C1. The number of aryl methyl sites for hydroxylation is 1. The average molecular weight is 396 g/mol. The average Bonchev–Trinajstić information content (AvgIpc) is 3.07. The van der Waals surface area contributed by atoms with E-state index in [1.807, 2.05) is 0 Å². The number of benzene rings is 1. The highest BCUT2D eigenvalue weighted by molar-refractivity contribution is 7.18. The molecular formula is C21H20N2O4S. The zero-order valence-corrected chi connectivity index (χ0v) is 16.4. The van der Waals surface area contributed by atoms with Crippen LogP contribution < -0.4 is 15.0 Å². The molecule has 0 unspecified atom stereocenters. The largest absolute Gasteiger partial charge is 0.486 e. The fraction of sp³-hybridized carbons (Fsp3) is 0.381. The smallest absolute Gasteiger partial charge is 0.262 e. The molecule has 5 rings (SSSR count). The number of aromatic nitrogens is 2. The molecule has 0 spiro atoms. The second-order valence-electron chi connectivity index (χ2n) is 7.49. The molecule has 0 saturated heterocycles. The van der Waals surface area contributed by atoms with Gasteiger partial charge in [-0.05, 0) is 48.9 Å². The number of nitrogens with zero attached hydrogens (tertiary/aromatic N) is 2. The quantitative estimate of drug-likeness (QED) is 0.636. The van der Waals surface area contributed by atoms with Crippen molar-refractivity contribution in [2.24, 2.45) is 5.92 Å². The molecule has 1 atom stereocenters. The summed E-state index contributed by atoms with van der Waals surface area (Å²) >= 11 is 1.62. The molecule has 28 heavy (non-hydrogen) atoms. The number of carbonyl (C=O) groups excluding carboxylic acids is 1. The first-order chi connectivity index (χ1) is 13.6. The van der Waals surface area contributed by atoms with Crippen LogP contribution in [0.4, 0.5) is 0 Å². The van der Waals surface area contributed by atoms with Gasteiger partial charge in [0.1, 0.15) is 18.0 Å². The van der Waals surface area contributed by atoms with Gasteiger partial charge in [-0.15, -0.1) is 11.3 Å². The summed E-state index contributed by atoms with van der Waals surface area (Å²) in [5.74, 6) is 1.69. The third-order valence-corrected chi connectivity index (χ3v) is 6.62. The normalized spacial score (nSPS) is 18.1. The van der Waals surface area contributed by atoms with Crippen LogP contribution in [0.2, 0.25) is 0 Å². The van der Waals surface area contributed by atoms with E-state index in [1.165, 1.54) is 15.8 Å². The van der Waals surface area contributed by atoms with Gasteiger partial charge in [0.2, 0.25) is 0 Å². The van der Waals surface area contributed by atoms with Gasteiger partial charge in [-0.3, -0.25) is 14.2 Å². The Hall–Kier alpha value is -2.67. The minimum atomic E-state index is -0.155. The molecule has 0 amide bonds. The molecule has 0 radical (unpaired) electrons. The van der Waals surface area contributed by atoms with Crippen LogP contribution in [0.25, 0.3) is 10.2 Å². The molecule has 0 saturated carbocycles. The van der Waals surface area contributed by atoms with Crippen molar-refractivity contribution < 1.29 is 14.3 Å².